The molecule has 1 saturated heterocycles. The van der Waals surface area contributed by atoms with Crippen molar-refractivity contribution in [2.75, 3.05) is 13.1 Å². The molecule has 4 rings (SSSR count). The van der Waals surface area contributed by atoms with Crippen LogP contribution in [0.5, 0.6) is 0 Å². The molecule has 0 spiro atoms. The minimum atomic E-state index is -4.22. The van der Waals surface area contributed by atoms with Gasteiger partial charge >= 0.3 is 6.18 Å². The first-order chi connectivity index (χ1) is 15.7. The van der Waals surface area contributed by atoms with Crippen molar-refractivity contribution in [1.29, 1.82) is 5.26 Å². The van der Waals surface area contributed by atoms with Crippen LogP contribution >= 0.6 is 0 Å². The van der Waals surface area contributed by atoms with Crippen LogP contribution < -0.4 is 0 Å². The van der Waals surface area contributed by atoms with E-state index in [0.717, 1.165) is 29.2 Å². The molecule has 1 aliphatic heterocycles. The lowest BCUT2D eigenvalue weighted by Gasteiger charge is -2.22. The third-order valence-electron chi connectivity index (χ3n) is 6.50. The smallest absolute Gasteiger partial charge is 0.300 e. The quantitative estimate of drug-likeness (QED) is 0.461. The van der Waals surface area contributed by atoms with Gasteiger partial charge < -0.3 is 4.90 Å². The molecule has 2 fully saturated rings. The van der Waals surface area contributed by atoms with Gasteiger partial charge in [0.15, 0.2) is 0 Å². The second-order valence-electron chi connectivity index (χ2n) is 9.27. The normalized spacial score (nSPS) is 18.7. The van der Waals surface area contributed by atoms with Crippen molar-refractivity contribution in [3.05, 3.63) is 70.3 Å². The van der Waals surface area contributed by atoms with Gasteiger partial charge in [0.2, 0.25) is 0 Å². The minimum absolute atomic E-state index is 0.352. The van der Waals surface area contributed by atoms with Gasteiger partial charge in [0.1, 0.15) is 0 Å². The van der Waals surface area contributed by atoms with E-state index in [-0.39, 0.29) is 0 Å². The number of alkyl halides is 3. The van der Waals surface area contributed by atoms with Gasteiger partial charge in [0.25, 0.3) is 0 Å². The van der Waals surface area contributed by atoms with Gasteiger partial charge in [0.05, 0.1) is 17.2 Å². The molecule has 1 heterocycles. The fourth-order valence-electron chi connectivity index (χ4n) is 4.61. The first kappa shape index (κ1) is 26.9. The zero-order chi connectivity index (χ0) is 24.4. The third kappa shape index (κ3) is 8.51. The number of benzene rings is 2. The number of rotatable bonds is 2. The fraction of sp³-hybridized carbons (Fsp3) is 0.536. The number of halogens is 3. The Balaban J connectivity index is 0.000000176. The third-order valence-corrected chi connectivity index (χ3v) is 6.50. The predicted molar refractivity (Wildman–Crippen MR) is 129 cm³/mol. The lowest BCUT2D eigenvalue weighted by atomic mass is 10.1. The zero-order valence-corrected chi connectivity index (χ0v) is 20.4. The molecular weight excluding hydrogens is 421 g/mol. The van der Waals surface area contributed by atoms with Crippen LogP contribution in [-0.2, 0) is 12.6 Å². The molecule has 0 aromatic heterocycles. The molecule has 2 aromatic carbocycles. The first-order valence-corrected chi connectivity index (χ1v) is 12.0. The summed E-state index contributed by atoms with van der Waals surface area (Å²) in [5, 5.41) is 8.56. The molecule has 1 atom stereocenters. The van der Waals surface area contributed by atoms with Crippen LogP contribution in [0.25, 0.3) is 0 Å². The Bertz CT molecular complexity index is 908. The summed E-state index contributed by atoms with van der Waals surface area (Å²) in [7, 11) is 0. The minimum Gasteiger partial charge on any atom is -0.300 e. The highest BCUT2D eigenvalue weighted by atomic mass is 19.4. The highest BCUT2D eigenvalue weighted by Crippen LogP contribution is 2.32. The number of aryl methyl sites for hydroxylation is 3. The highest BCUT2D eigenvalue weighted by molar-refractivity contribution is 5.38. The van der Waals surface area contributed by atoms with Gasteiger partial charge in [-0.1, -0.05) is 62.6 Å². The lowest BCUT2D eigenvalue weighted by molar-refractivity contribution is -0.138. The summed E-state index contributed by atoms with van der Waals surface area (Å²) in [5.74, 6) is 0.968. The Kier molecular flexibility index (Phi) is 10.4. The van der Waals surface area contributed by atoms with E-state index < -0.39 is 11.7 Å². The van der Waals surface area contributed by atoms with Crippen molar-refractivity contribution in [3.63, 3.8) is 0 Å². The second kappa shape index (κ2) is 12.8. The SMILES string of the molecule is CC1CCN(C2CCCC2)C1.CCc1ccccc1C(F)(F)F.Cc1ccc(C#N)c(C)c1. The lowest BCUT2D eigenvalue weighted by Crippen LogP contribution is -2.30. The number of hydrogen-bond acceptors (Lipinski definition) is 2. The Morgan fingerprint density at radius 1 is 1.03 bits per heavy atom. The zero-order valence-electron chi connectivity index (χ0n) is 20.4. The second-order valence-corrected chi connectivity index (χ2v) is 9.27. The van der Waals surface area contributed by atoms with E-state index in [4.69, 9.17) is 5.26 Å². The van der Waals surface area contributed by atoms with Gasteiger partial charge in [-0.15, -0.1) is 0 Å². The van der Waals surface area contributed by atoms with Gasteiger partial charge in [-0.2, -0.15) is 18.4 Å². The molecule has 33 heavy (non-hydrogen) atoms. The monoisotopic (exact) mass is 458 g/mol. The van der Waals surface area contributed by atoms with Crippen molar-refractivity contribution in [2.45, 2.75) is 78.4 Å². The largest absolute Gasteiger partial charge is 0.416 e. The fourth-order valence-corrected chi connectivity index (χ4v) is 4.61. The number of likely N-dealkylation sites (tertiary alicyclic amines) is 1. The summed E-state index contributed by atoms with van der Waals surface area (Å²) in [6.07, 6.45) is 3.56. The molecule has 0 radical (unpaired) electrons. The topological polar surface area (TPSA) is 27.0 Å². The van der Waals surface area contributed by atoms with E-state index in [0.29, 0.717) is 12.0 Å². The average molecular weight is 459 g/mol. The molecule has 1 saturated carbocycles. The molecule has 2 aromatic rings. The Morgan fingerprint density at radius 3 is 2.18 bits per heavy atom. The maximum absolute atomic E-state index is 12.2. The maximum Gasteiger partial charge on any atom is 0.416 e. The van der Waals surface area contributed by atoms with Crippen molar-refractivity contribution >= 4 is 0 Å². The van der Waals surface area contributed by atoms with Gasteiger partial charge in [-0.05, 0) is 75.3 Å². The van der Waals surface area contributed by atoms with Crippen molar-refractivity contribution in [1.82, 2.24) is 4.90 Å². The Labute approximate surface area is 197 Å². The first-order valence-electron chi connectivity index (χ1n) is 12.0. The molecule has 0 amide bonds. The Morgan fingerprint density at radius 2 is 1.70 bits per heavy atom. The molecule has 1 unspecified atom stereocenters. The summed E-state index contributed by atoms with van der Waals surface area (Å²) < 4.78 is 36.7. The molecule has 0 bridgehead atoms. The number of nitriles is 1. The average Bonchev–Trinajstić information content (AvgIpc) is 3.46. The molecular formula is C28H37F3N2. The van der Waals surface area contributed by atoms with E-state index in [1.165, 1.54) is 62.9 Å². The van der Waals surface area contributed by atoms with Crippen molar-refractivity contribution in [2.24, 2.45) is 5.92 Å². The van der Waals surface area contributed by atoms with Crippen LogP contribution in [0.3, 0.4) is 0 Å². The van der Waals surface area contributed by atoms with Crippen LogP contribution in [-0.4, -0.2) is 24.0 Å². The van der Waals surface area contributed by atoms with E-state index >= 15 is 0 Å². The summed E-state index contributed by atoms with van der Waals surface area (Å²) in [5.41, 5.74) is 2.86. The van der Waals surface area contributed by atoms with Gasteiger partial charge in [0, 0.05) is 12.6 Å². The van der Waals surface area contributed by atoms with E-state index in [2.05, 4.69) is 17.9 Å². The van der Waals surface area contributed by atoms with Gasteiger partial charge in [-0.3, -0.25) is 0 Å². The molecule has 5 heteroatoms. The van der Waals surface area contributed by atoms with Crippen LogP contribution in [0.15, 0.2) is 42.5 Å². The molecule has 0 N–H and O–H groups in total. The molecule has 180 valence electrons. The predicted octanol–water partition coefficient (Wildman–Crippen LogP) is 7.71. The van der Waals surface area contributed by atoms with E-state index in [9.17, 15) is 13.2 Å². The summed E-state index contributed by atoms with van der Waals surface area (Å²) in [6, 6.07) is 14.5. The maximum atomic E-state index is 12.2. The summed E-state index contributed by atoms with van der Waals surface area (Å²) >= 11 is 0. The summed E-state index contributed by atoms with van der Waals surface area (Å²) in [4.78, 5) is 2.72. The van der Waals surface area contributed by atoms with Crippen molar-refractivity contribution in [3.8, 4) is 6.07 Å². The van der Waals surface area contributed by atoms with Gasteiger partial charge in [-0.25, -0.2) is 0 Å². The Hall–Kier alpha value is -2.32. The number of nitrogens with zero attached hydrogens (tertiary/aromatic N) is 2. The van der Waals surface area contributed by atoms with Crippen LogP contribution in [0.1, 0.15) is 73.8 Å². The van der Waals surface area contributed by atoms with Crippen LogP contribution in [0.4, 0.5) is 13.2 Å². The van der Waals surface area contributed by atoms with Crippen LogP contribution in [0.2, 0.25) is 0 Å². The highest BCUT2D eigenvalue weighted by Gasteiger charge is 2.32. The van der Waals surface area contributed by atoms with E-state index in [1.54, 1.807) is 13.0 Å². The van der Waals surface area contributed by atoms with Crippen molar-refractivity contribution < 1.29 is 13.2 Å². The molecule has 2 nitrogen and oxygen atoms in total. The standard InChI is InChI=1S/C10H19N.C9H9F3.C9H9N/c1-9-6-7-11(8-9)10-4-2-3-5-10;1-2-7-5-3-4-6-8(7)9(10,11)12;1-7-3-4-9(6-10)8(2)5-7/h9-10H,2-8H2,1H3;3-6H,2H2,1H3;3-5H,1-2H3. The number of hydrogen-bond donors (Lipinski definition) is 0. The summed E-state index contributed by atoms with van der Waals surface area (Å²) in [6.45, 7) is 10.8. The molecule has 1 aliphatic carbocycles. The van der Waals surface area contributed by atoms with E-state index in [1.807, 2.05) is 32.0 Å². The molecule has 2 aliphatic rings. The van der Waals surface area contributed by atoms with Crippen LogP contribution in [0, 0.1) is 31.1 Å².